The van der Waals surface area contributed by atoms with E-state index in [-0.39, 0.29) is 11.9 Å². The van der Waals surface area contributed by atoms with Crippen molar-refractivity contribution >= 4 is 10.9 Å². The molecule has 166 valence electrons. The molecule has 1 fully saturated rings. The first-order chi connectivity index (χ1) is 15.0. The second-order valence-electron chi connectivity index (χ2n) is 7.94. The van der Waals surface area contributed by atoms with Gasteiger partial charge in [0.25, 0.3) is 0 Å². The average molecular weight is 429 g/mol. The number of hydrazine groups is 1. The third-order valence-corrected chi connectivity index (χ3v) is 5.76. The number of benzene rings is 2. The van der Waals surface area contributed by atoms with Gasteiger partial charge in [-0.2, -0.15) is 0 Å². The van der Waals surface area contributed by atoms with Crippen LogP contribution in [0.4, 0.5) is 4.39 Å². The maximum atomic E-state index is 13.5. The van der Waals surface area contributed by atoms with Crippen LogP contribution in [0.15, 0.2) is 36.4 Å². The van der Waals surface area contributed by atoms with Gasteiger partial charge in [-0.05, 0) is 49.0 Å². The number of H-pyrrole nitrogens is 1. The van der Waals surface area contributed by atoms with Crippen molar-refractivity contribution in [2.75, 3.05) is 41.5 Å². The molecule has 0 spiro atoms. The summed E-state index contributed by atoms with van der Waals surface area (Å²) in [6.45, 7) is 2.45. The van der Waals surface area contributed by atoms with Crippen molar-refractivity contribution < 1.29 is 18.6 Å². The van der Waals surface area contributed by atoms with Crippen molar-refractivity contribution in [3.05, 3.63) is 53.5 Å². The summed E-state index contributed by atoms with van der Waals surface area (Å²) in [6.07, 6.45) is 0. The SMILES string of the molecule is COc1cc(C2NNCC2CN(C)Cc2cc3cc(F)ccc3[nH]2)cc(OC)c1OC. The number of aromatic amines is 1. The third-order valence-electron chi connectivity index (χ3n) is 5.76. The van der Waals surface area contributed by atoms with Crippen LogP contribution in [0.3, 0.4) is 0 Å². The van der Waals surface area contributed by atoms with E-state index in [0.29, 0.717) is 23.2 Å². The first-order valence-electron chi connectivity index (χ1n) is 10.3. The third kappa shape index (κ3) is 4.46. The molecular weight excluding hydrogens is 399 g/mol. The number of halogens is 1. The lowest BCUT2D eigenvalue weighted by molar-refractivity contribution is 0.259. The Balaban J connectivity index is 1.49. The molecule has 0 amide bonds. The van der Waals surface area contributed by atoms with Crippen molar-refractivity contribution in [3.63, 3.8) is 0 Å². The number of hydrogen-bond donors (Lipinski definition) is 3. The van der Waals surface area contributed by atoms with Crippen molar-refractivity contribution in [3.8, 4) is 17.2 Å². The minimum absolute atomic E-state index is 0.0907. The first kappa shape index (κ1) is 21.4. The quantitative estimate of drug-likeness (QED) is 0.512. The van der Waals surface area contributed by atoms with Crippen LogP contribution in [0.5, 0.6) is 17.2 Å². The number of fused-ring (bicyclic) bond motifs is 1. The van der Waals surface area contributed by atoms with Gasteiger partial charge in [0.15, 0.2) is 11.5 Å². The van der Waals surface area contributed by atoms with Crippen LogP contribution < -0.4 is 25.1 Å². The van der Waals surface area contributed by atoms with Gasteiger partial charge >= 0.3 is 0 Å². The van der Waals surface area contributed by atoms with Gasteiger partial charge in [-0.1, -0.05) is 0 Å². The average Bonchev–Trinajstić information content (AvgIpc) is 3.38. The van der Waals surface area contributed by atoms with E-state index in [1.54, 1.807) is 33.5 Å². The fraction of sp³-hybridized carbons (Fsp3) is 0.391. The Morgan fingerprint density at radius 3 is 2.45 bits per heavy atom. The summed E-state index contributed by atoms with van der Waals surface area (Å²) < 4.78 is 30.0. The summed E-state index contributed by atoms with van der Waals surface area (Å²) in [6, 6.07) is 10.9. The zero-order valence-electron chi connectivity index (χ0n) is 18.3. The molecule has 7 nitrogen and oxygen atoms in total. The summed E-state index contributed by atoms with van der Waals surface area (Å²) in [5.41, 5.74) is 9.74. The first-order valence-corrected chi connectivity index (χ1v) is 10.3. The van der Waals surface area contributed by atoms with E-state index in [1.165, 1.54) is 6.07 Å². The molecule has 4 rings (SSSR count). The molecule has 0 bridgehead atoms. The molecule has 0 radical (unpaired) electrons. The van der Waals surface area contributed by atoms with Gasteiger partial charge in [-0.25, -0.2) is 9.82 Å². The van der Waals surface area contributed by atoms with Crippen LogP contribution >= 0.6 is 0 Å². The van der Waals surface area contributed by atoms with E-state index in [9.17, 15) is 4.39 Å². The highest BCUT2D eigenvalue weighted by Crippen LogP contribution is 2.41. The lowest BCUT2D eigenvalue weighted by atomic mass is 9.93. The fourth-order valence-corrected chi connectivity index (χ4v) is 4.35. The lowest BCUT2D eigenvalue weighted by Gasteiger charge is -2.25. The lowest BCUT2D eigenvalue weighted by Crippen LogP contribution is -2.30. The van der Waals surface area contributed by atoms with Gasteiger partial charge in [0.2, 0.25) is 5.75 Å². The van der Waals surface area contributed by atoms with Crippen molar-refractivity contribution in [2.45, 2.75) is 12.6 Å². The zero-order valence-corrected chi connectivity index (χ0v) is 18.3. The Bertz CT molecular complexity index is 1030. The summed E-state index contributed by atoms with van der Waals surface area (Å²) in [5.74, 6) is 1.98. The molecule has 8 heteroatoms. The van der Waals surface area contributed by atoms with E-state index in [1.807, 2.05) is 18.2 Å². The van der Waals surface area contributed by atoms with Gasteiger partial charge in [0, 0.05) is 42.1 Å². The topological polar surface area (TPSA) is 70.8 Å². The number of ether oxygens (including phenoxy) is 3. The Morgan fingerprint density at radius 2 is 1.77 bits per heavy atom. The number of nitrogens with zero attached hydrogens (tertiary/aromatic N) is 1. The second-order valence-corrected chi connectivity index (χ2v) is 7.94. The molecule has 2 heterocycles. The molecule has 31 heavy (non-hydrogen) atoms. The molecule has 2 unspecified atom stereocenters. The number of methoxy groups -OCH3 is 3. The largest absolute Gasteiger partial charge is 0.493 e. The molecule has 1 saturated heterocycles. The Morgan fingerprint density at radius 1 is 1.03 bits per heavy atom. The second kappa shape index (κ2) is 9.13. The molecule has 1 aromatic heterocycles. The van der Waals surface area contributed by atoms with Crippen LogP contribution in [-0.2, 0) is 6.54 Å². The fourth-order valence-electron chi connectivity index (χ4n) is 4.35. The molecule has 2 aromatic carbocycles. The smallest absolute Gasteiger partial charge is 0.203 e. The number of rotatable bonds is 8. The predicted molar refractivity (Wildman–Crippen MR) is 118 cm³/mol. The van der Waals surface area contributed by atoms with E-state index in [0.717, 1.165) is 41.8 Å². The van der Waals surface area contributed by atoms with Crippen LogP contribution in [0.1, 0.15) is 17.3 Å². The Kier molecular flexibility index (Phi) is 6.31. The number of hydrogen-bond acceptors (Lipinski definition) is 6. The number of aromatic nitrogens is 1. The monoisotopic (exact) mass is 428 g/mol. The highest BCUT2D eigenvalue weighted by atomic mass is 19.1. The van der Waals surface area contributed by atoms with E-state index in [2.05, 4.69) is 27.8 Å². The standard InChI is InChI=1S/C23H29FN4O3/c1-28(13-18-8-14-7-17(24)5-6-19(14)26-18)12-16-11-25-27-22(16)15-9-20(29-2)23(31-4)21(10-15)30-3/h5-10,16,22,25-27H,11-13H2,1-4H3. The van der Waals surface area contributed by atoms with Crippen molar-refractivity contribution in [1.29, 1.82) is 0 Å². The zero-order chi connectivity index (χ0) is 22.0. The van der Waals surface area contributed by atoms with Crippen LogP contribution in [0.25, 0.3) is 10.9 Å². The molecule has 0 saturated carbocycles. The number of nitrogens with one attached hydrogen (secondary N) is 3. The molecule has 0 aliphatic carbocycles. The molecule has 1 aliphatic rings. The van der Waals surface area contributed by atoms with Gasteiger partial charge in [-0.3, -0.25) is 5.43 Å². The van der Waals surface area contributed by atoms with Crippen LogP contribution in [0, 0.1) is 11.7 Å². The maximum absolute atomic E-state index is 13.5. The maximum Gasteiger partial charge on any atom is 0.203 e. The predicted octanol–water partition coefficient (Wildman–Crippen LogP) is 3.23. The van der Waals surface area contributed by atoms with Gasteiger partial charge in [-0.15, -0.1) is 0 Å². The van der Waals surface area contributed by atoms with Crippen LogP contribution in [-0.4, -0.2) is 51.4 Å². The van der Waals surface area contributed by atoms with Gasteiger partial charge in [0.05, 0.1) is 27.4 Å². The molecule has 3 N–H and O–H groups in total. The summed E-state index contributed by atoms with van der Waals surface area (Å²) in [7, 11) is 6.94. The minimum Gasteiger partial charge on any atom is -0.493 e. The molecule has 1 aliphatic heterocycles. The summed E-state index contributed by atoms with van der Waals surface area (Å²) in [5, 5.41) is 0.892. The van der Waals surface area contributed by atoms with Crippen LogP contribution in [0.2, 0.25) is 0 Å². The van der Waals surface area contributed by atoms with E-state index >= 15 is 0 Å². The summed E-state index contributed by atoms with van der Waals surface area (Å²) in [4.78, 5) is 5.65. The van der Waals surface area contributed by atoms with Gasteiger partial charge < -0.3 is 24.1 Å². The molecule has 3 aromatic rings. The Labute approximate surface area is 181 Å². The molecule has 2 atom stereocenters. The molecular formula is C23H29FN4O3. The van der Waals surface area contributed by atoms with E-state index in [4.69, 9.17) is 14.2 Å². The van der Waals surface area contributed by atoms with Gasteiger partial charge in [0.1, 0.15) is 5.82 Å². The van der Waals surface area contributed by atoms with Crippen molar-refractivity contribution in [2.24, 2.45) is 5.92 Å². The summed E-state index contributed by atoms with van der Waals surface area (Å²) >= 11 is 0. The Hall–Kier alpha value is -2.81. The van der Waals surface area contributed by atoms with E-state index < -0.39 is 0 Å². The normalized spacial score (nSPS) is 18.6. The highest BCUT2D eigenvalue weighted by Gasteiger charge is 2.31. The highest BCUT2D eigenvalue weighted by molar-refractivity contribution is 5.80. The minimum atomic E-state index is -0.220. The van der Waals surface area contributed by atoms with Crippen molar-refractivity contribution in [1.82, 2.24) is 20.7 Å².